The van der Waals surface area contributed by atoms with Crippen LogP contribution in [-0.4, -0.2) is 44.8 Å². The van der Waals surface area contributed by atoms with E-state index in [4.69, 9.17) is 9.84 Å². The van der Waals surface area contributed by atoms with Crippen LogP contribution in [-0.2, 0) is 26.8 Å². The Kier molecular flexibility index (Phi) is 4.95. The molecule has 1 aromatic rings. The van der Waals surface area contributed by atoms with Gasteiger partial charge >= 0.3 is 5.97 Å². The zero-order chi connectivity index (χ0) is 15.4. The Morgan fingerprint density at radius 2 is 2.19 bits per heavy atom. The largest absolute Gasteiger partial charge is 0.489 e. The van der Waals surface area contributed by atoms with Gasteiger partial charge in [-0.3, -0.25) is 9.00 Å². The number of carbonyl (C=O) groups excluding carboxylic acids is 1. The van der Waals surface area contributed by atoms with E-state index in [0.717, 1.165) is 11.3 Å². The summed E-state index contributed by atoms with van der Waals surface area (Å²) in [5, 5.41) is 11.3. The summed E-state index contributed by atoms with van der Waals surface area (Å²) >= 11 is 0. The molecule has 1 amide bonds. The van der Waals surface area contributed by atoms with Crippen molar-refractivity contribution in [1.82, 2.24) is 5.32 Å². The van der Waals surface area contributed by atoms with Gasteiger partial charge in [0.05, 0.1) is 11.5 Å². The highest BCUT2D eigenvalue weighted by atomic mass is 32.2. The number of fused-ring (bicyclic) bond motifs is 1. The maximum absolute atomic E-state index is 12.1. The first-order chi connectivity index (χ1) is 9.95. The van der Waals surface area contributed by atoms with Gasteiger partial charge in [0.1, 0.15) is 17.9 Å². The fourth-order valence-corrected chi connectivity index (χ4v) is 3.56. The molecule has 0 spiro atoms. The first-order valence-corrected chi connectivity index (χ1v) is 8.04. The standard InChI is InChI=1S/C14H17NO5S/c1-9(16)15-12(14(17)18)8-21(19)7-11-6-10-4-2-3-5-13(10)20-11/h2-5,11-12H,6-8H2,1H3,(H,15,16)(H,17,18). The van der Waals surface area contributed by atoms with E-state index in [0.29, 0.717) is 6.42 Å². The SMILES string of the molecule is CC(=O)NC(CS(=O)CC1Cc2ccccc2O1)C(=O)O. The Morgan fingerprint density at radius 3 is 2.81 bits per heavy atom. The summed E-state index contributed by atoms with van der Waals surface area (Å²) in [6.07, 6.45) is 0.453. The van der Waals surface area contributed by atoms with Crippen LogP contribution in [0.3, 0.4) is 0 Å². The van der Waals surface area contributed by atoms with Crippen LogP contribution in [0, 0.1) is 0 Å². The quantitative estimate of drug-likeness (QED) is 0.790. The minimum absolute atomic E-state index is 0.120. The van der Waals surface area contributed by atoms with Gasteiger partial charge in [-0.05, 0) is 11.6 Å². The van der Waals surface area contributed by atoms with Gasteiger partial charge in [-0.25, -0.2) is 4.79 Å². The van der Waals surface area contributed by atoms with E-state index < -0.39 is 28.7 Å². The number of nitrogens with one attached hydrogen (secondary N) is 1. The lowest BCUT2D eigenvalue weighted by atomic mass is 10.1. The van der Waals surface area contributed by atoms with Crippen LogP contribution in [0.4, 0.5) is 0 Å². The molecule has 2 rings (SSSR count). The average Bonchev–Trinajstić information content (AvgIpc) is 2.79. The molecule has 1 heterocycles. The van der Waals surface area contributed by atoms with Crippen molar-refractivity contribution >= 4 is 22.7 Å². The van der Waals surface area contributed by atoms with Crippen LogP contribution in [0.15, 0.2) is 24.3 Å². The van der Waals surface area contributed by atoms with Gasteiger partial charge in [-0.15, -0.1) is 0 Å². The summed E-state index contributed by atoms with van der Waals surface area (Å²) in [5.74, 6) is -0.724. The van der Waals surface area contributed by atoms with Crippen molar-refractivity contribution in [1.29, 1.82) is 0 Å². The third-order valence-electron chi connectivity index (χ3n) is 3.11. The lowest BCUT2D eigenvalue weighted by Gasteiger charge is -2.15. The number of aliphatic carboxylic acids is 1. The summed E-state index contributed by atoms with van der Waals surface area (Å²) in [6, 6.07) is 6.46. The summed E-state index contributed by atoms with van der Waals surface area (Å²) in [6.45, 7) is 1.23. The van der Waals surface area contributed by atoms with Gasteiger partial charge in [-0.2, -0.15) is 0 Å². The van der Waals surface area contributed by atoms with E-state index in [9.17, 15) is 13.8 Å². The summed E-state index contributed by atoms with van der Waals surface area (Å²) in [7, 11) is -1.39. The van der Waals surface area contributed by atoms with Crippen LogP contribution in [0.5, 0.6) is 5.75 Å². The Morgan fingerprint density at radius 1 is 1.48 bits per heavy atom. The molecule has 0 radical (unpaired) electrons. The maximum atomic E-state index is 12.1. The topological polar surface area (TPSA) is 92.7 Å². The molecule has 0 fully saturated rings. The molecule has 7 heteroatoms. The first kappa shape index (κ1) is 15.5. The average molecular weight is 311 g/mol. The number of ether oxygens (including phenoxy) is 1. The van der Waals surface area contributed by atoms with Crippen molar-refractivity contribution in [2.75, 3.05) is 11.5 Å². The lowest BCUT2D eigenvalue weighted by Crippen LogP contribution is -2.44. The third-order valence-corrected chi connectivity index (χ3v) is 4.56. The van der Waals surface area contributed by atoms with E-state index in [-0.39, 0.29) is 17.6 Å². The van der Waals surface area contributed by atoms with Crippen molar-refractivity contribution in [3.63, 3.8) is 0 Å². The molecule has 1 aliphatic rings. The van der Waals surface area contributed by atoms with Gasteiger partial charge in [0.25, 0.3) is 0 Å². The van der Waals surface area contributed by atoms with Crippen molar-refractivity contribution < 1.29 is 23.6 Å². The molecule has 114 valence electrons. The summed E-state index contributed by atoms with van der Waals surface area (Å²) in [5.41, 5.74) is 1.07. The van der Waals surface area contributed by atoms with Crippen molar-refractivity contribution in [3.05, 3.63) is 29.8 Å². The molecule has 1 aromatic carbocycles. The Labute approximate surface area is 125 Å². The molecule has 6 nitrogen and oxygen atoms in total. The third kappa shape index (κ3) is 4.29. The van der Waals surface area contributed by atoms with Gasteiger partial charge < -0.3 is 15.2 Å². The molecule has 0 aliphatic carbocycles. The Bertz CT molecular complexity index is 549. The molecule has 0 aromatic heterocycles. The number of carboxylic acids is 1. The summed E-state index contributed by atoms with van der Waals surface area (Å²) in [4.78, 5) is 21.9. The highest BCUT2D eigenvalue weighted by molar-refractivity contribution is 7.85. The van der Waals surface area contributed by atoms with Gasteiger partial charge in [0, 0.05) is 24.1 Å². The van der Waals surface area contributed by atoms with Crippen LogP contribution in [0.25, 0.3) is 0 Å². The minimum Gasteiger partial charge on any atom is -0.489 e. The molecule has 3 unspecified atom stereocenters. The molecule has 3 atom stereocenters. The maximum Gasteiger partial charge on any atom is 0.327 e. The second kappa shape index (κ2) is 6.71. The Balaban J connectivity index is 1.88. The molecular weight excluding hydrogens is 294 g/mol. The van der Waals surface area contributed by atoms with E-state index in [1.54, 1.807) is 0 Å². The molecule has 21 heavy (non-hydrogen) atoms. The monoisotopic (exact) mass is 311 g/mol. The number of hydrogen-bond donors (Lipinski definition) is 2. The van der Waals surface area contributed by atoms with Crippen molar-refractivity contribution in [2.24, 2.45) is 0 Å². The van der Waals surface area contributed by atoms with Crippen LogP contribution in [0.1, 0.15) is 12.5 Å². The van der Waals surface area contributed by atoms with Crippen molar-refractivity contribution in [2.45, 2.75) is 25.5 Å². The number of hydrogen-bond acceptors (Lipinski definition) is 4. The van der Waals surface area contributed by atoms with E-state index in [1.165, 1.54) is 6.92 Å². The molecule has 0 saturated heterocycles. The van der Waals surface area contributed by atoms with Crippen LogP contribution in [0.2, 0.25) is 0 Å². The number of carbonyl (C=O) groups is 2. The van der Waals surface area contributed by atoms with Crippen molar-refractivity contribution in [3.8, 4) is 5.75 Å². The number of rotatable bonds is 6. The smallest absolute Gasteiger partial charge is 0.327 e. The number of carboxylic acid groups (broad SMARTS) is 1. The minimum atomic E-state index is -1.39. The summed E-state index contributed by atoms with van der Waals surface area (Å²) < 4.78 is 17.7. The molecule has 0 saturated carbocycles. The molecule has 0 bridgehead atoms. The van der Waals surface area contributed by atoms with Gasteiger partial charge in [-0.1, -0.05) is 18.2 Å². The molecular formula is C14H17NO5S. The Hall–Kier alpha value is -1.89. The normalized spacial score (nSPS) is 19.2. The predicted molar refractivity (Wildman–Crippen MR) is 77.7 cm³/mol. The first-order valence-electron chi connectivity index (χ1n) is 6.55. The number of amides is 1. The van der Waals surface area contributed by atoms with Crippen LogP contribution < -0.4 is 10.1 Å². The molecule has 2 N–H and O–H groups in total. The predicted octanol–water partition coefficient (Wildman–Crippen LogP) is 0.328. The fourth-order valence-electron chi connectivity index (χ4n) is 2.23. The number of benzene rings is 1. The lowest BCUT2D eigenvalue weighted by molar-refractivity contribution is -0.140. The van der Waals surface area contributed by atoms with E-state index in [1.807, 2.05) is 24.3 Å². The highest BCUT2D eigenvalue weighted by Gasteiger charge is 2.27. The second-order valence-electron chi connectivity index (χ2n) is 4.92. The van der Waals surface area contributed by atoms with E-state index in [2.05, 4.69) is 5.32 Å². The molecule has 1 aliphatic heterocycles. The van der Waals surface area contributed by atoms with Crippen LogP contribution >= 0.6 is 0 Å². The zero-order valence-electron chi connectivity index (χ0n) is 11.6. The van der Waals surface area contributed by atoms with Gasteiger partial charge in [0.15, 0.2) is 0 Å². The fraction of sp³-hybridized carbons (Fsp3) is 0.429. The zero-order valence-corrected chi connectivity index (χ0v) is 12.4. The van der Waals surface area contributed by atoms with Gasteiger partial charge in [0.2, 0.25) is 5.91 Å². The number of para-hydroxylation sites is 1. The van der Waals surface area contributed by atoms with E-state index >= 15 is 0 Å². The second-order valence-corrected chi connectivity index (χ2v) is 6.46. The highest BCUT2D eigenvalue weighted by Crippen LogP contribution is 2.28.